The van der Waals surface area contributed by atoms with Gasteiger partial charge in [0.15, 0.2) is 0 Å². The zero-order valence-electron chi connectivity index (χ0n) is 22.0. The standard InChI is InChI=1S/C26H26Cl2F5N3O5/c1-12(2)19(21(37)26(31,32)33)35-23(39)20(14-5-8-16(41-4)9-6-14)36-22(38)13(3)34-24(40)25(29,30)17-11-15(27)7-10-18(17)28/h5-13,19-20H,1-4H3,(H,34,40)(H,35,39)(H,36,38). The first-order valence-corrected chi connectivity index (χ1v) is 12.7. The van der Waals surface area contributed by atoms with Crippen molar-refractivity contribution in [2.24, 2.45) is 5.92 Å². The van der Waals surface area contributed by atoms with E-state index in [0.29, 0.717) is 5.75 Å². The van der Waals surface area contributed by atoms with E-state index < -0.39 is 70.2 Å². The highest BCUT2D eigenvalue weighted by atomic mass is 35.5. The highest BCUT2D eigenvalue weighted by Gasteiger charge is 2.46. The van der Waals surface area contributed by atoms with Crippen LogP contribution in [0.4, 0.5) is 22.0 Å². The normalized spacial score (nSPS) is 14.0. The first-order valence-electron chi connectivity index (χ1n) is 11.9. The van der Waals surface area contributed by atoms with Crippen molar-refractivity contribution in [3.05, 3.63) is 63.6 Å². The van der Waals surface area contributed by atoms with Gasteiger partial charge in [-0.1, -0.05) is 49.2 Å². The second kappa shape index (κ2) is 13.5. The van der Waals surface area contributed by atoms with Crippen LogP contribution in [0.3, 0.4) is 0 Å². The molecule has 0 fully saturated rings. The molecule has 224 valence electrons. The molecule has 3 unspecified atom stereocenters. The van der Waals surface area contributed by atoms with Crippen LogP contribution in [0.5, 0.6) is 5.75 Å². The molecule has 0 aromatic heterocycles. The third-order valence-corrected chi connectivity index (χ3v) is 6.38. The minimum absolute atomic E-state index is 0.0492. The summed E-state index contributed by atoms with van der Waals surface area (Å²) in [6.07, 6.45) is -5.25. The molecule has 0 spiro atoms. The Balaban J connectivity index is 2.31. The smallest absolute Gasteiger partial charge is 0.452 e. The molecule has 15 heteroatoms. The van der Waals surface area contributed by atoms with Gasteiger partial charge in [0.25, 0.3) is 11.7 Å². The van der Waals surface area contributed by atoms with Crippen molar-refractivity contribution in [2.45, 2.75) is 51.0 Å². The van der Waals surface area contributed by atoms with Gasteiger partial charge in [0.2, 0.25) is 11.8 Å². The van der Waals surface area contributed by atoms with Crippen LogP contribution in [-0.2, 0) is 25.1 Å². The fourth-order valence-electron chi connectivity index (χ4n) is 3.53. The number of methoxy groups -OCH3 is 1. The topological polar surface area (TPSA) is 114 Å². The number of carbonyl (C=O) groups excluding carboxylic acids is 4. The molecule has 2 aromatic rings. The van der Waals surface area contributed by atoms with E-state index in [0.717, 1.165) is 19.1 Å². The van der Waals surface area contributed by atoms with Crippen LogP contribution in [-0.4, -0.2) is 48.9 Å². The maximum Gasteiger partial charge on any atom is 0.452 e. The number of rotatable bonds is 11. The summed E-state index contributed by atoms with van der Waals surface area (Å²) in [6, 6.07) is 3.14. The van der Waals surface area contributed by atoms with Crippen LogP contribution in [0.25, 0.3) is 0 Å². The lowest BCUT2D eigenvalue weighted by molar-refractivity contribution is -0.175. The molecule has 3 atom stereocenters. The lowest BCUT2D eigenvalue weighted by Gasteiger charge is -2.27. The number of halogens is 7. The van der Waals surface area contributed by atoms with Crippen LogP contribution in [0.1, 0.15) is 37.9 Å². The number of ketones is 1. The second-order valence-corrected chi connectivity index (χ2v) is 10.0. The van der Waals surface area contributed by atoms with Gasteiger partial charge in [0, 0.05) is 5.02 Å². The van der Waals surface area contributed by atoms with Crippen LogP contribution < -0.4 is 20.7 Å². The monoisotopic (exact) mass is 625 g/mol. The number of benzene rings is 2. The van der Waals surface area contributed by atoms with Gasteiger partial charge in [0.05, 0.1) is 23.7 Å². The van der Waals surface area contributed by atoms with Crippen molar-refractivity contribution in [3.63, 3.8) is 0 Å². The number of Topliss-reactive ketones (excluding diaryl/α,β-unsaturated/α-hetero) is 1. The molecule has 0 saturated heterocycles. The molecule has 3 amide bonds. The maximum atomic E-state index is 14.8. The van der Waals surface area contributed by atoms with Crippen LogP contribution in [0, 0.1) is 5.92 Å². The molecule has 0 bridgehead atoms. The van der Waals surface area contributed by atoms with Gasteiger partial charge >= 0.3 is 12.1 Å². The predicted molar refractivity (Wildman–Crippen MR) is 140 cm³/mol. The lowest BCUT2D eigenvalue weighted by Crippen LogP contribution is -2.55. The number of hydrogen-bond donors (Lipinski definition) is 3. The Kier molecular flexibility index (Phi) is 11.1. The third kappa shape index (κ3) is 8.52. The third-order valence-electron chi connectivity index (χ3n) is 5.82. The highest BCUT2D eigenvalue weighted by molar-refractivity contribution is 6.33. The van der Waals surface area contributed by atoms with Gasteiger partial charge < -0.3 is 20.7 Å². The zero-order valence-corrected chi connectivity index (χ0v) is 23.5. The highest BCUT2D eigenvalue weighted by Crippen LogP contribution is 2.35. The molecule has 2 rings (SSSR count). The molecule has 3 N–H and O–H groups in total. The fraction of sp³-hybridized carbons (Fsp3) is 0.385. The summed E-state index contributed by atoms with van der Waals surface area (Å²) in [5, 5.41) is 5.45. The van der Waals surface area contributed by atoms with Crippen molar-refractivity contribution in [1.29, 1.82) is 0 Å². The van der Waals surface area contributed by atoms with Gasteiger partial charge in [-0.2, -0.15) is 22.0 Å². The van der Waals surface area contributed by atoms with Crippen LogP contribution in [0.2, 0.25) is 10.0 Å². The van der Waals surface area contributed by atoms with E-state index in [9.17, 15) is 41.1 Å². The van der Waals surface area contributed by atoms with Gasteiger partial charge in [-0.15, -0.1) is 0 Å². The van der Waals surface area contributed by atoms with Gasteiger partial charge in [-0.25, -0.2) is 0 Å². The van der Waals surface area contributed by atoms with E-state index in [-0.39, 0.29) is 10.6 Å². The van der Waals surface area contributed by atoms with E-state index in [2.05, 4.69) is 5.32 Å². The molecule has 0 heterocycles. The average Bonchev–Trinajstić information content (AvgIpc) is 2.90. The van der Waals surface area contributed by atoms with E-state index >= 15 is 0 Å². The number of amides is 3. The molecule has 0 aliphatic heterocycles. The van der Waals surface area contributed by atoms with E-state index in [1.54, 1.807) is 0 Å². The Morgan fingerprint density at radius 3 is 1.93 bits per heavy atom. The Morgan fingerprint density at radius 2 is 1.41 bits per heavy atom. The van der Waals surface area contributed by atoms with Crippen molar-refractivity contribution < 1.29 is 45.9 Å². The quantitative estimate of drug-likeness (QED) is 0.313. The Bertz CT molecular complexity index is 1290. The van der Waals surface area contributed by atoms with Gasteiger partial charge in [-0.3, -0.25) is 19.2 Å². The molecule has 0 saturated carbocycles. The van der Waals surface area contributed by atoms with E-state index in [1.807, 2.05) is 10.6 Å². The predicted octanol–water partition coefficient (Wildman–Crippen LogP) is 4.73. The molecule has 41 heavy (non-hydrogen) atoms. The minimum Gasteiger partial charge on any atom is -0.497 e. The van der Waals surface area contributed by atoms with E-state index in [4.69, 9.17) is 27.9 Å². The summed E-state index contributed by atoms with van der Waals surface area (Å²) in [4.78, 5) is 50.4. The molecular weight excluding hydrogens is 600 g/mol. The zero-order chi connectivity index (χ0) is 31.3. The Hall–Kier alpha value is -3.45. The molecule has 2 aromatic carbocycles. The Labute approximate surface area is 241 Å². The number of alkyl halides is 5. The maximum absolute atomic E-state index is 14.8. The van der Waals surface area contributed by atoms with Crippen molar-refractivity contribution in [2.75, 3.05) is 7.11 Å². The number of ether oxygens (including phenoxy) is 1. The first kappa shape index (κ1) is 33.8. The molecule has 0 radical (unpaired) electrons. The summed E-state index contributed by atoms with van der Waals surface area (Å²) in [7, 11) is 1.35. The average molecular weight is 626 g/mol. The Morgan fingerprint density at radius 1 is 0.829 bits per heavy atom. The minimum atomic E-state index is -5.25. The van der Waals surface area contributed by atoms with Gasteiger partial charge in [0.1, 0.15) is 17.8 Å². The second-order valence-electron chi connectivity index (χ2n) is 9.20. The van der Waals surface area contributed by atoms with Crippen molar-refractivity contribution in [3.8, 4) is 5.75 Å². The SMILES string of the molecule is COc1ccc(C(NC(=O)C(C)NC(=O)C(F)(F)c2cc(Cl)ccc2Cl)C(=O)NC(C(=O)C(F)(F)F)C(C)C)cc1. The van der Waals surface area contributed by atoms with Gasteiger partial charge in [-0.05, 0) is 48.7 Å². The number of carbonyl (C=O) groups is 4. The van der Waals surface area contributed by atoms with Crippen molar-refractivity contribution in [1.82, 2.24) is 16.0 Å². The lowest BCUT2D eigenvalue weighted by atomic mass is 9.97. The largest absolute Gasteiger partial charge is 0.497 e. The van der Waals surface area contributed by atoms with Crippen LogP contribution in [0.15, 0.2) is 42.5 Å². The summed E-state index contributed by atoms with van der Waals surface area (Å²) in [5.41, 5.74) is -0.866. The summed E-state index contributed by atoms with van der Waals surface area (Å²) >= 11 is 11.5. The van der Waals surface area contributed by atoms with Crippen molar-refractivity contribution >= 4 is 46.7 Å². The summed E-state index contributed by atoms with van der Waals surface area (Å²) < 4.78 is 74.1. The van der Waals surface area contributed by atoms with E-state index in [1.165, 1.54) is 51.3 Å². The number of nitrogens with one attached hydrogen (secondary N) is 3. The molecule has 0 aliphatic rings. The number of hydrogen-bond acceptors (Lipinski definition) is 5. The first-order chi connectivity index (χ1) is 18.9. The molecule has 8 nitrogen and oxygen atoms in total. The summed E-state index contributed by atoms with van der Waals surface area (Å²) in [6.45, 7) is 3.59. The summed E-state index contributed by atoms with van der Waals surface area (Å²) in [5.74, 6) is -11.3. The molecule has 0 aliphatic carbocycles. The molecular formula is C26H26Cl2F5N3O5. The fourth-order valence-corrected chi connectivity index (χ4v) is 3.93. The van der Waals surface area contributed by atoms with Crippen LogP contribution >= 0.6 is 23.2 Å².